The van der Waals surface area contributed by atoms with Gasteiger partial charge in [0.15, 0.2) is 23.7 Å². The van der Waals surface area contributed by atoms with Crippen LogP contribution >= 0.6 is 0 Å². The van der Waals surface area contributed by atoms with E-state index in [1.807, 2.05) is 24.3 Å². The molecule has 2 aromatic carbocycles. The van der Waals surface area contributed by atoms with Crippen LogP contribution in [0.1, 0.15) is 22.0 Å². The fraction of sp³-hybridized carbons (Fsp3) is 0.304. The fourth-order valence-corrected chi connectivity index (χ4v) is 3.85. The van der Waals surface area contributed by atoms with E-state index in [0.29, 0.717) is 36.0 Å². The summed E-state index contributed by atoms with van der Waals surface area (Å²) in [6.07, 6.45) is 2.44. The molecule has 1 aromatic heterocycles. The Morgan fingerprint density at radius 3 is 2.58 bits per heavy atom. The van der Waals surface area contributed by atoms with Crippen LogP contribution in [0.25, 0.3) is 11.3 Å². The van der Waals surface area contributed by atoms with Gasteiger partial charge in [0.25, 0.3) is 5.91 Å². The molecule has 3 aromatic rings. The summed E-state index contributed by atoms with van der Waals surface area (Å²) in [4.78, 5) is 19.1. The number of hydrogen-bond acceptors (Lipinski definition) is 7. The Balaban J connectivity index is 1.65. The molecule has 4 rings (SSSR count). The summed E-state index contributed by atoms with van der Waals surface area (Å²) in [5, 5.41) is 9.93. The summed E-state index contributed by atoms with van der Waals surface area (Å²) in [5.41, 5.74) is 2.16. The third-order valence-corrected chi connectivity index (χ3v) is 5.39. The average molecular weight is 424 g/mol. The van der Waals surface area contributed by atoms with Gasteiger partial charge in [0.2, 0.25) is 0 Å². The Labute approximate surface area is 180 Å². The zero-order valence-corrected chi connectivity index (χ0v) is 17.4. The molecule has 1 amide bonds. The van der Waals surface area contributed by atoms with Crippen molar-refractivity contribution in [3.63, 3.8) is 0 Å². The van der Waals surface area contributed by atoms with Gasteiger partial charge in [-0.25, -0.2) is 4.98 Å². The predicted molar refractivity (Wildman–Crippen MR) is 112 cm³/mol. The maximum atomic E-state index is 13.4. The number of ether oxygens (including phenoxy) is 3. The molecule has 0 radical (unpaired) electrons. The van der Waals surface area contributed by atoms with Gasteiger partial charge in [0, 0.05) is 17.7 Å². The van der Waals surface area contributed by atoms with Crippen molar-refractivity contribution >= 4 is 5.91 Å². The minimum Gasteiger partial charge on any atom is -0.493 e. The van der Waals surface area contributed by atoms with E-state index in [2.05, 4.69) is 4.98 Å². The Hall–Kier alpha value is -3.36. The summed E-state index contributed by atoms with van der Waals surface area (Å²) < 4.78 is 21.8. The Kier molecular flexibility index (Phi) is 6.20. The number of nitrogens with zero attached hydrogens (tertiary/aromatic N) is 2. The van der Waals surface area contributed by atoms with Gasteiger partial charge in [0.1, 0.15) is 6.10 Å². The number of aliphatic hydroxyl groups is 1. The van der Waals surface area contributed by atoms with Gasteiger partial charge in [-0.1, -0.05) is 18.2 Å². The van der Waals surface area contributed by atoms with Crippen LogP contribution in [0.2, 0.25) is 0 Å². The lowest BCUT2D eigenvalue weighted by Crippen LogP contribution is -2.49. The number of oxazole rings is 1. The second-order valence-electron chi connectivity index (χ2n) is 7.09. The molecule has 162 valence electrons. The minimum atomic E-state index is -0.552. The highest BCUT2D eigenvalue weighted by molar-refractivity contribution is 5.95. The molecule has 0 bridgehead atoms. The Morgan fingerprint density at radius 2 is 1.94 bits per heavy atom. The minimum absolute atomic E-state index is 0.148. The van der Waals surface area contributed by atoms with Gasteiger partial charge < -0.3 is 28.6 Å². The summed E-state index contributed by atoms with van der Waals surface area (Å²) in [7, 11) is 3.12. The van der Waals surface area contributed by atoms with E-state index in [4.69, 9.17) is 18.6 Å². The molecule has 1 fully saturated rings. The molecule has 8 nitrogen and oxygen atoms in total. The molecule has 2 atom stereocenters. The molecular formula is C23H24N2O6. The van der Waals surface area contributed by atoms with Gasteiger partial charge >= 0.3 is 0 Å². The number of carbonyl (C=O) groups excluding carboxylic acids is 1. The Morgan fingerprint density at radius 1 is 1.16 bits per heavy atom. The van der Waals surface area contributed by atoms with Crippen molar-refractivity contribution in [2.75, 3.05) is 34.0 Å². The van der Waals surface area contributed by atoms with Gasteiger partial charge in [-0.2, -0.15) is 0 Å². The quantitative estimate of drug-likeness (QED) is 0.650. The third-order valence-electron chi connectivity index (χ3n) is 5.39. The van der Waals surface area contributed by atoms with Crippen molar-refractivity contribution in [3.05, 3.63) is 66.2 Å². The van der Waals surface area contributed by atoms with Crippen LogP contribution in [0.4, 0.5) is 0 Å². The van der Waals surface area contributed by atoms with Crippen molar-refractivity contribution < 1.29 is 28.5 Å². The molecule has 1 aliphatic rings. The van der Waals surface area contributed by atoms with Crippen LogP contribution in [-0.2, 0) is 4.74 Å². The molecular weight excluding hydrogens is 400 g/mol. The highest BCUT2D eigenvalue weighted by atomic mass is 16.5. The smallest absolute Gasteiger partial charge is 0.254 e. The van der Waals surface area contributed by atoms with Crippen LogP contribution < -0.4 is 9.47 Å². The number of hydrogen-bond donors (Lipinski definition) is 1. The van der Waals surface area contributed by atoms with E-state index >= 15 is 0 Å². The van der Waals surface area contributed by atoms with E-state index in [1.54, 1.807) is 43.5 Å². The molecule has 0 saturated carbocycles. The number of rotatable bonds is 6. The second-order valence-corrected chi connectivity index (χ2v) is 7.09. The molecule has 0 spiro atoms. The summed E-state index contributed by atoms with van der Waals surface area (Å²) in [6.45, 7) is 0.530. The lowest BCUT2D eigenvalue weighted by Gasteiger charge is -2.41. The number of amides is 1. The monoisotopic (exact) mass is 424 g/mol. The fourth-order valence-electron chi connectivity index (χ4n) is 3.85. The zero-order chi connectivity index (χ0) is 21.8. The Bertz CT molecular complexity index is 1020. The highest BCUT2D eigenvalue weighted by Gasteiger charge is 2.37. The number of aliphatic hydroxyl groups excluding tert-OH is 1. The van der Waals surface area contributed by atoms with Gasteiger partial charge in [-0.05, 0) is 29.8 Å². The van der Waals surface area contributed by atoms with Crippen molar-refractivity contribution in [1.82, 2.24) is 9.88 Å². The molecule has 0 aliphatic carbocycles. The normalized spacial score (nSPS) is 18.6. The van der Waals surface area contributed by atoms with Crippen molar-refractivity contribution in [2.24, 2.45) is 0 Å². The predicted octanol–water partition coefficient (Wildman–Crippen LogP) is 2.93. The first-order valence-electron chi connectivity index (χ1n) is 9.90. The van der Waals surface area contributed by atoms with Crippen LogP contribution in [0, 0.1) is 0 Å². The lowest BCUT2D eigenvalue weighted by atomic mass is 9.96. The maximum Gasteiger partial charge on any atom is 0.254 e. The summed E-state index contributed by atoms with van der Waals surface area (Å²) in [5.74, 6) is 1.62. The van der Waals surface area contributed by atoms with Crippen LogP contribution in [0.5, 0.6) is 11.5 Å². The number of aromatic nitrogens is 1. The maximum absolute atomic E-state index is 13.4. The van der Waals surface area contributed by atoms with Gasteiger partial charge in [-0.15, -0.1) is 0 Å². The van der Waals surface area contributed by atoms with Crippen LogP contribution in [0.3, 0.4) is 0 Å². The van der Waals surface area contributed by atoms with Crippen molar-refractivity contribution in [2.45, 2.75) is 12.1 Å². The molecule has 1 saturated heterocycles. The van der Waals surface area contributed by atoms with E-state index in [1.165, 1.54) is 6.39 Å². The van der Waals surface area contributed by atoms with E-state index < -0.39 is 12.1 Å². The number of carbonyl (C=O) groups is 1. The first-order chi connectivity index (χ1) is 15.2. The molecule has 31 heavy (non-hydrogen) atoms. The zero-order valence-electron chi connectivity index (χ0n) is 17.4. The van der Waals surface area contributed by atoms with E-state index in [0.717, 1.165) is 11.1 Å². The number of morpholine rings is 1. The first-order valence-corrected chi connectivity index (χ1v) is 9.90. The number of methoxy groups -OCH3 is 2. The van der Waals surface area contributed by atoms with E-state index in [9.17, 15) is 9.90 Å². The second kappa shape index (κ2) is 9.20. The standard InChI is InChI=1S/C23H24N2O6/c1-28-18-8-7-17(11-19(18)29-2)22-21(13-26)30-10-9-25(22)23(27)16-5-3-15(4-6-16)20-12-24-14-31-20/h3-8,11-12,14,21-22,26H,9-10,13H2,1-2H3/t21-,22-/m1/s1. The topological polar surface area (TPSA) is 94.3 Å². The van der Waals surface area contributed by atoms with Crippen molar-refractivity contribution in [3.8, 4) is 22.8 Å². The van der Waals surface area contributed by atoms with Crippen molar-refractivity contribution in [1.29, 1.82) is 0 Å². The molecule has 8 heteroatoms. The summed E-state index contributed by atoms with van der Waals surface area (Å²) >= 11 is 0. The number of benzene rings is 2. The van der Waals surface area contributed by atoms with Crippen LogP contribution in [-0.4, -0.2) is 61.0 Å². The molecule has 1 aliphatic heterocycles. The third kappa shape index (κ3) is 4.12. The molecule has 2 heterocycles. The molecule has 1 N–H and O–H groups in total. The SMILES string of the molecule is COc1ccc([C@@H]2[C@@H](CO)OCCN2C(=O)c2ccc(-c3cnco3)cc2)cc1OC. The van der Waals surface area contributed by atoms with E-state index in [-0.39, 0.29) is 12.5 Å². The molecule has 0 unspecified atom stereocenters. The first kappa shape index (κ1) is 20.9. The average Bonchev–Trinajstić information content (AvgIpc) is 3.37. The van der Waals surface area contributed by atoms with Crippen LogP contribution in [0.15, 0.2) is 59.5 Å². The largest absolute Gasteiger partial charge is 0.493 e. The highest BCUT2D eigenvalue weighted by Crippen LogP contribution is 2.36. The lowest BCUT2D eigenvalue weighted by molar-refractivity contribution is -0.0811. The van der Waals surface area contributed by atoms with Gasteiger partial charge in [-0.3, -0.25) is 4.79 Å². The summed E-state index contributed by atoms with van der Waals surface area (Å²) in [6, 6.07) is 12.1. The van der Waals surface area contributed by atoms with Gasteiger partial charge in [0.05, 0.1) is 39.7 Å².